The van der Waals surface area contributed by atoms with Gasteiger partial charge in [0, 0.05) is 6.61 Å². The molecular formula is C17H34O. The van der Waals surface area contributed by atoms with E-state index < -0.39 is 0 Å². The third kappa shape index (κ3) is 12.2. The monoisotopic (exact) mass is 254 g/mol. The molecule has 108 valence electrons. The average molecular weight is 254 g/mol. The standard InChI is InChI=1S/C17H34O/c1-3-5-6-7-8-9-10-11-12-14-17(13-4-2)15-16-18/h11-12,17-18H,3-10,13-16H2,1-2H3/b12-11+. The molecule has 0 saturated heterocycles. The molecule has 0 aliphatic carbocycles. The van der Waals surface area contributed by atoms with Gasteiger partial charge in [0.25, 0.3) is 0 Å². The summed E-state index contributed by atoms with van der Waals surface area (Å²) in [5, 5.41) is 8.98. The Labute approximate surface area is 115 Å². The lowest BCUT2D eigenvalue weighted by atomic mass is 9.96. The first-order valence-corrected chi connectivity index (χ1v) is 8.11. The van der Waals surface area contributed by atoms with E-state index in [4.69, 9.17) is 5.11 Å². The Morgan fingerprint density at radius 2 is 1.56 bits per heavy atom. The van der Waals surface area contributed by atoms with Gasteiger partial charge < -0.3 is 5.11 Å². The quantitative estimate of drug-likeness (QED) is 0.341. The van der Waals surface area contributed by atoms with Crippen molar-refractivity contribution in [1.29, 1.82) is 0 Å². The summed E-state index contributed by atoms with van der Waals surface area (Å²) in [6.45, 7) is 4.84. The average Bonchev–Trinajstić information content (AvgIpc) is 2.37. The smallest absolute Gasteiger partial charge is 0.0433 e. The zero-order chi connectivity index (χ0) is 13.5. The maximum Gasteiger partial charge on any atom is 0.0433 e. The van der Waals surface area contributed by atoms with Crippen molar-refractivity contribution in [2.45, 2.75) is 84.5 Å². The number of aliphatic hydroxyl groups excluding tert-OH is 1. The van der Waals surface area contributed by atoms with E-state index in [1.165, 1.54) is 57.8 Å². The van der Waals surface area contributed by atoms with E-state index in [1.54, 1.807) is 0 Å². The number of unbranched alkanes of at least 4 members (excludes halogenated alkanes) is 6. The number of rotatable bonds is 13. The van der Waals surface area contributed by atoms with Crippen molar-refractivity contribution < 1.29 is 5.11 Å². The van der Waals surface area contributed by atoms with Gasteiger partial charge in [-0.05, 0) is 31.6 Å². The highest BCUT2D eigenvalue weighted by Crippen LogP contribution is 2.16. The van der Waals surface area contributed by atoms with Gasteiger partial charge in [0.15, 0.2) is 0 Å². The summed E-state index contributed by atoms with van der Waals surface area (Å²) in [7, 11) is 0. The third-order valence-electron chi connectivity index (χ3n) is 3.59. The van der Waals surface area contributed by atoms with Crippen molar-refractivity contribution in [2.75, 3.05) is 6.61 Å². The van der Waals surface area contributed by atoms with E-state index in [1.807, 2.05) is 0 Å². The van der Waals surface area contributed by atoms with Crippen LogP contribution in [0.1, 0.15) is 84.5 Å². The summed E-state index contributed by atoms with van der Waals surface area (Å²) in [5.41, 5.74) is 0. The molecule has 1 heteroatoms. The van der Waals surface area contributed by atoms with Crippen LogP contribution >= 0.6 is 0 Å². The van der Waals surface area contributed by atoms with Crippen LogP contribution in [0.25, 0.3) is 0 Å². The Kier molecular flexibility index (Phi) is 14.5. The number of hydrogen-bond donors (Lipinski definition) is 1. The van der Waals surface area contributed by atoms with E-state index in [2.05, 4.69) is 26.0 Å². The van der Waals surface area contributed by atoms with Crippen molar-refractivity contribution in [3.05, 3.63) is 12.2 Å². The minimum Gasteiger partial charge on any atom is -0.396 e. The second kappa shape index (κ2) is 14.8. The molecule has 18 heavy (non-hydrogen) atoms. The maximum absolute atomic E-state index is 8.98. The zero-order valence-electron chi connectivity index (χ0n) is 12.7. The Balaban J connectivity index is 3.39. The lowest BCUT2D eigenvalue weighted by Gasteiger charge is -2.11. The summed E-state index contributed by atoms with van der Waals surface area (Å²) < 4.78 is 0. The molecular weight excluding hydrogens is 220 g/mol. The van der Waals surface area contributed by atoms with Crippen LogP contribution in [-0.2, 0) is 0 Å². The predicted molar refractivity (Wildman–Crippen MR) is 81.9 cm³/mol. The largest absolute Gasteiger partial charge is 0.396 e. The second-order valence-corrected chi connectivity index (χ2v) is 5.43. The van der Waals surface area contributed by atoms with Crippen molar-refractivity contribution in [2.24, 2.45) is 5.92 Å². The highest BCUT2D eigenvalue weighted by Gasteiger charge is 2.03. The van der Waals surface area contributed by atoms with Gasteiger partial charge in [-0.1, -0.05) is 70.9 Å². The van der Waals surface area contributed by atoms with E-state index in [0.29, 0.717) is 12.5 Å². The fraction of sp³-hybridized carbons (Fsp3) is 0.882. The summed E-state index contributed by atoms with van der Waals surface area (Å²) >= 11 is 0. The van der Waals surface area contributed by atoms with E-state index in [-0.39, 0.29) is 0 Å². The molecule has 1 N–H and O–H groups in total. The Hall–Kier alpha value is -0.300. The van der Waals surface area contributed by atoms with Crippen LogP contribution in [0.15, 0.2) is 12.2 Å². The number of hydrogen-bond acceptors (Lipinski definition) is 1. The van der Waals surface area contributed by atoms with Gasteiger partial charge in [0.05, 0.1) is 0 Å². The number of aliphatic hydroxyl groups is 1. The topological polar surface area (TPSA) is 20.2 Å². The predicted octanol–water partition coefficient (Wildman–Crippen LogP) is 5.48. The van der Waals surface area contributed by atoms with Gasteiger partial charge in [-0.2, -0.15) is 0 Å². The molecule has 0 heterocycles. The molecule has 1 unspecified atom stereocenters. The van der Waals surface area contributed by atoms with Crippen LogP contribution in [0.3, 0.4) is 0 Å². The van der Waals surface area contributed by atoms with E-state index >= 15 is 0 Å². The molecule has 0 aromatic carbocycles. The third-order valence-corrected chi connectivity index (χ3v) is 3.59. The minimum atomic E-state index is 0.343. The first-order chi connectivity index (χ1) is 8.85. The SMILES string of the molecule is CCCCCCCC/C=C/CC(CCC)CCO. The molecule has 0 rings (SSSR count). The van der Waals surface area contributed by atoms with Crippen molar-refractivity contribution in [3.8, 4) is 0 Å². The van der Waals surface area contributed by atoms with Crippen LogP contribution < -0.4 is 0 Å². The van der Waals surface area contributed by atoms with Crippen LogP contribution in [-0.4, -0.2) is 11.7 Å². The fourth-order valence-corrected chi connectivity index (χ4v) is 2.42. The van der Waals surface area contributed by atoms with Crippen molar-refractivity contribution >= 4 is 0 Å². The molecule has 0 aromatic rings. The van der Waals surface area contributed by atoms with Crippen molar-refractivity contribution in [1.82, 2.24) is 0 Å². The maximum atomic E-state index is 8.98. The lowest BCUT2D eigenvalue weighted by molar-refractivity contribution is 0.252. The molecule has 0 aliphatic rings. The lowest BCUT2D eigenvalue weighted by Crippen LogP contribution is -2.01. The molecule has 0 aromatic heterocycles. The number of allylic oxidation sites excluding steroid dienone is 2. The van der Waals surface area contributed by atoms with Crippen LogP contribution in [0.5, 0.6) is 0 Å². The zero-order valence-corrected chi connectivity index (χ0v) is 12.7. The Bertz CT molecular complexity index is 168. The first kappa shape index (κ1) is 17.7. The van der Waals surface area contributed by atoms with Gasteiger partial charge in [0.1, 0.15) is 0 Å². The van der Waals surface area contributed by atoms with Crippen LogP contribution in [0.4, 0.5) is 0 Å². The molecule has 1 atom stereocenters. The highest BCUT2D eigenvalue weighted by molar-refractivity contribution is 4.84. The summed E-state index contributed by atoms with van der Waals surface area (Å²) in [4.78, 5) is 0. The van der Waals surface area contributed by atoms with Gasteiger partial charge >= 0.3 is 0 Å². The summed E-state index contributed by atoms with van der Waals surface area (Å²) in [6.07, 6.45) is 18.8. The molecule has 1 nitrogen and oxygen atoms in total. The van der Waals surface area contributed by atoms with E-state index in [0.717, 1.165) is 12.8 Å². The second-order valence-electron chi connectivity index (χ2n) is 5.43. The summed E-state index contributed by atoms with van der Waals surface area (Å²) in [6, 6.07) is 0. The highest BCUT2D eigenvalue weighted by atomic mass is 16.3. The Morgan fingerprint density at radius 3 is 2.22 bits per heavy atom. The van der Waals surface area contributed by atoms with Gasteiger partial charge in [0.2, 0.25) is 0 Å². The molecule has 0 aliphatic heterocycles. The van der Waals surface area contributed by atoms with E-state index in [9.17, 15) is 0 Å². The fourth-order valence-electron chi connectivity index (χ4n) is 2.42. The van der Waals surface area contributed by atoms with Gasteiger partial charge in [-0.3, -0.25) is 0 Å². The molecule has 0 fully saturated rings. The van der Waals surface area contributed by atoms with Gasteiger partial charge in [-0.25, -0.2) is 0 Å². The molecule has 0 radical (unpaired) electrons. The normalized spacial score (nSPS) is 13.3. The molecule has 0 amide bonds. The van der Waals surface area contributed by atoms with Crippen LogP contribution in [0, 0.1) is 5.92 Å². The minimum absolute atomic E-state index is 0.343. The van der Waals surface area contributed by atoms with Crippen molar-refractivity contribution in [3.63, 3.8) is 0 Å². The van der Waals surface area contributed by atoms with Crippen LogP contribution in [0.2, 0.25) is 0 Å². The molecule has 0 saturated carbocycles. The first-order valence-electron chi connectivity index (χ1n) is 8.11. The summed E-state index contributed by atoms with van der Waals surface area (Å²) in [5.74, 6) is 0.695. The van der Waals surface area contributed by atoms with Gasteiger partial charge in [-0.15, -0.1) is 0 Å². The Morgan fingerprint density at radius 1 is 0.833 bits per heavy atom. The molecule has 0 spiro atoms. The molecule has 0 bridgehead atoms.